The molecule has 0 spiro atoms. The molecule has 1 unspecified atom stereocenters. The number of fused-ring (bicyclic) bond motifs is 1. The fourth-order valence-corrected chi connectivity index (χ4v) is 5.53. The number of aromatic nitrogens is 4. The molecule has 1 N–H and O–H groups in total. The van der Waals surface area contributed by atoms with Crippen LogP contribution in [-0.4, -0.2) is 79.6 Å². The van der Waals surface area contributed by atoms with E-state index in [9.17, 15) is 4.79 Å². The van der Waals surface area contributed by atoms with Gasteiger partial charge in [0.2, 0.25) is 0 Å². The van der Waals surface area contributed by atoms with E-state index in [0.717, 1.165) is 49.3 Å². The summed E-state index contributed by atoms with van der Waals surface area (Å²) in [4.78, 5) is 16.8. The molecule has 5 rings (SSSR count). The average molecular weight is 488 g/mol. The van der Waals surface area contributed by atoms with Crippen molar-refractivity contribution in [1.82, 2.24) is 30.0 Å². The number of nitrogens with zero attached hydrogens (tertiary/aromatic N) is 6. The van der Waals surface area contributed by atoms with Crippen molar-refractivity contribution in [3.63, 3.8) is 0 Å². The van der Waals surface area contributed by atoms with Crippen LogP contribution in [0.4, 0.5) is 0 Å². The van der Waals surface area contributed by atoms with E-state index in [0.29, 0.717) is 17.8 Å². The second-order valence-electron chi connectivity index (χ2n) is 10.1. The number of hydrogen-bond donors (Lipinski definition) is 1. The third kappa shape index (κ3) is 5.16. The first-order chi connectivity index (χ1) is 17.4. The van der Waals surface area contributed by atoms with E-state index in [1.54, 1.807) is 11.0 Å². The van der Waals surface area contributed by atoms with Crippen molar-refractivity contribution >= 4 is 11.8 Å². The Hall–Kier alpha value is -3.59. The molecule has 3 atom stereocenters. The molecule has 3 aromatic rings. The first-order valence-corrected chi connectivity index (χ1v) is 12.6. The fraction of sp³-hybridized carbons (Fsp3) is 0.444. The van der Waals surface area contributed by atoms with Gasteiger partial charge in [0, 0.05) is 44.6 Å². The highest BCUT2D eigenvalue weighted by Gasteiger charge is 2.31. The zero-order valence-corrected chi connectivity index (χ0v) is 21.1. The van der Waals surface area contributed by atoms with Crippen molar-refractivity contribution in [3.8, 4) is 5.69 Å². The number of rotatable bonds is 6. The van der Waals surface area contributed by atoms with E-state index in [1.807, 2.05) is 37.3 Å². The highest BCUT2D eigenvalue weighted by Crippen LogP contribution is 2.23. The van der Waals surface area contributed by atoms with Gasteiger partial charge in [0.1, 0.15) is 18.3 Å². The van der Waals surface area contributed by atoms with Gasteiger partial charge in [-0.2, -0.15) is 0 Å². The lowest BCUT2D eigenvalue weighted by molar-refractivity contribution is 0.0301. The molecule has 0 saturated carbocycles. The van der Waals surface area contributed by atoms with Crippen LogP contribution in [0.15, 0.2) is 48.8 Å². The second kappa shape index (κ2) is 10.2. The molecular weight excluding hydrogens is 454 g/mol. The van der Waals surface area contributed by atoms with Crippen LogP contribution in [0.25, 0.3) is 5.69 Å². The molecule has 36 heavy (non-hydrogen) atoms. The Morgan fingerprint density at radius 2 is 1.78 bits per heavy atom. The van der Waals surface area contributed by atoms with Gasteiger partial charge in [-0.3, -0.25) is 10.3 Å². The van der Waals surface area contributed by atoms with E-state index in [1.165, 1.54) is 5.56 Å². The zero-order chi connectivity index (χ0) is 25.2. The van der Waals surface area contributed by atoms with E-state index in [-0.39, 0.29) is 24.2 Å². The normalized spacial score (nSPS) is 22.2. The number of benzene rings is 2. The molecule has 0 bridgehead atoms. The van der Waals surface area contributed by atoms with Gasteiger partial charge in [-0.1, -0.05) is 24.3 Å². The van der Waals surface area contributed by atoms with Crippen molar-refractivity contribution in [2.75, 3.05) is 19.6 Å². The predicted molar refractivity (Wildman–Crippen MR) is 137 cm³/mol. The molecule has 0 aliphatic carbocycles. The van der Waals surface area contributed by atoms with Crippen LogP contribution >= 0.6 is 0 Å². The van der Waals surface area contributed by atoms with Crippen molar-refractivity contribution < 1.29 is 9.53 Å². The number of tetrazole rings is 1. The van der Waals surface area contributed by atoms with Gasteiger partial charge < -0.3 is 9.64 Å². The number of carbonyl (C=O) groups is 1. The molecule has 0 radical (unpaired) electrons. The Morgan fingerprint density at radius 1 is 1.06 bits per heavy atom. The van der Waals surface area contributed by atoms with Crippen LogP contribution in [0.2, 0.25) is 0 Å². The van der Waals surface area contributed by atoms with Crippen molar-refractivity contribution in [3.05, 3.63) is 71.0 Å². The molecule has 9 heteroatoms. The largest absolute Gasteiger partial charge is 0.459 e. The first-order valence-electron chi connectivity index (χ1n) is 12.6. The maximum atomic E-state index is 12.1. The Balaban J connectivity index is 1.16. The van der Waals surface area contributed by atoms with E-state index in [2.05, 4.69) is 51.3 Å². The molecule has 9 nitrogen and oxygen atoms in total. The summed E-state index contributed by atoms with van der Waals surface area (Å²) in [5.74, 6) is 0.445. The number of carbonyl (C=O) groups excluding carboxylic acids is 1. The van der Waals surface area contributed by atoms with Crippen molar-refractivity contribution in [2.45, 2.75) is 58.2 Å². The topological polar surface area (TPSA) is 100 Å². The predicted octanol–water partition coefficient (Wildman–Crippen LogP) is 2.92. The lowest BCUT2D eigenvalue weighted by Gasteiger charge is -2.46. The fourth-order valence-electron chi connectivity index (χ4n) is 5.53. The molecule has 2 aromatic carbocycles. The molecule has 2 aliphatic heterocycles. The van der Waals surface area contributed by atoms with Gasteiger partial charge >= 0.3 is 5.97 Å². The molecule has 3 heterocycles. The summed E-state index contributed by atoms with van der Waals surface area (Å²) >= 11 is 0. The number of ether oxygens (including phenoxy) is 1. The van der Waals surface area contributed by atoms with Crippen molar-refractivity contribution in [1.29, 1.82) is 5.41 Å². The van der Waals surface area contributed by atoms with Crippen LogP contribution in [0, 0.1) is 5.41 Å². The summed E-state index contributed by atoms with van der Waals surface area (Å²) in [7, 11) is 0. The Morgan fingerprint density at radius 3 is 2.47 bits per heavy atom. The number of hydrogen-bond acceptors (Lipinski definition) is 7. The lowest BCUT2D eigenvalue weighted by Crippen LogP contribution is -2.59. The van der Waals surface area contributed by atoms with Gasteiger partial charge in [-0.25, -0.2) is 9.48 Å². The van der Waals surface area contributed by atoms with Gasteiger partial charge in [0.15, 0.2) is 0 Å². The molecule has 1 aromatic heterocycles. The standard InChI is InChI=1S/C27H33N7O2/c1-18-15-32(11-10-22-6-9-25-23(13-22)12-20(3)36-27(25)35)16-19(2)34(18)26(28)14-21-4-7-24(8-5-21)33-17-29-30-31-33/h4-9,13,17-20,28H,10-12,14-16H2,1-3H3/t18-,19-,20?/m1/s1. The first kappa shape index (κ1) is 24.1. The highest BCUT2D eigenvalue weighted by atomic mass is 16.5. The van der Waals surface area contributed by atoms with Gasteiger partial charge in [-0.05, 0) is 72.5 Å². The maximum Gasteiger partial charge on any atom is 0.338 e. The van der Waals surface area contributed by atoms with Gasteiger partial charge in [-0.15, -0.1) is 5.10 Å². The monoisotopic (exact) mass is 487 g/mol. The SMILES string of the molecule is CC1Cc2cc(CCN3C[C@@H](C)N(C(=N)Cc4ccc(-n5cnnn5)cc4)[C@H](C)C3)ccc2C(=O)O1. The Labute approximate surface area is 211 Å². The number of amidine groups is 1. The summed E-state index contributed by atoms with van der Waals surface area (Å²) in [6.45, 7) is 9.19. The minimum atomic E-state index is -0.208. The minimum absolute atomic E-state index is 0.0609. The van der Waals surface area contributed by atoms with Gasteiger partial charge in [0.05, 0.1) is 11.3 Å². The third-order valence-corrected chi connectivity index (χ3v) is 7.15. The van der Waals surface area contributed by atoms with E-state index in [4.69, 9.17) is 10.1 Å². The maximum absolute atomic E-state index is 12.1. The van der Waals surface area contributed by atoms with E-state index < -0.39 is 0 Å². The number of esters is 1. The lowest BCUT2D eigenvalue weighted by atomic mass is 9.95. The average Bonchev–Trinajstić information content (AvgIpc) is 3.37. The van der Waals surface area contributed by atoms with Crippen LogP contribution in [-0.2, 0) is 24.0 Å². The Kier molecular flexibility index (Phi) is 6.82. The Bertz CT molecular complexity index is 1210. The van der Waals surface area contributed by atoms with Crippen LogP contribution in [0.3, 0.4) is 0 Å². The number of cyclic esters (lactones) is 1. The summed E-state index contributed by atoms with van der Waals surface area (Å²) in [6, 6.07) is 14.7. The molecule has 0 amide bonds. The molecule has 1 saturated heterocycles. The number of nitrogens with one attached hydrogen (secondary N) is 1. The van der Waals surface area contributed by atoms with E-state index >= 15 is 0 Å². The van der Waals surface area contributed by atoms with Gasteiger partial charge in [0.25, 0.3) is 0 Å². The molecule has 188 valence electrons. The van der Waals surface area contributed by atoms with Crippen LogP contribution in [0.1, 0.15) is 47.8 Å². The third-order valence-electron chi connectivity index (χ3n) is 7.15. The molecule has 1 fully saturated rings. The molecular formula is C27H33N7O2. The van der Waals surface area contributed by atoms with Crippen molar-refractivity contribution in [2.24, 2.45) is 0 Å². The quantitative estimate of drug-likeness (QED) is 0.324. The summed E-state index contributed by atoms with van der Waals surface area (Å²) in [6.07, 6.45) is 3.84. The smallest absolute Gasteiger partial charge is 0.338 e. The van der Waals surface area contributed by atoms with Crippen LogP contribution < -0.4 is 0 Å². The van der Waals surface area contributed by atoms with Crippen LogP contribution in [0.5, 0.6) is 0 Å². The summed E-state index contributed by atoms with van der Waals surface area (Å²) in [5, 5.41) is 20.1. The highest BCUT2D eigenvalue weighted by molar-refractivity contribution is 5.92. The minimum Gasteiger partial charge on any atom is -0.459 e. The molecule has 2 aliphatic rings. The summed E-state index contributed by atoms with van der Waals surface area (Å²) < 4.78 is 6.96. The number of piperazine rings is 1. The second-order valence-corrected chi connectivity index (χ2v) is 10.1. The zero-order valence-electron chi connectivity index (χ0n) is 21.1. The summed E-state index contributed by atoms with van der Waals surface area (Å²) in [5.41, 5.74) is 5.07.